The fourth-order valence-corrected chi connectivity index (χ4v) is 4.95. The lowest BCUT2D eigenvalue weighted by atomic mass is 10.1. The molecule has 0 spiro atoms. The smallest absolute Gasteiger partial charge is 0.326 e. The second kappa shape index (κ2) is 13.6. The molecule has 4 rings (SSSR count). The average molecular weight is 628 g/mol. The summed E-state index contributed by atoms with van der Waals surface area (Å²) in [4.78, 5) is 32.0. The predicted molar refractivity (Wildman–Crippen MR) is 160 cm³/mol. The minimum atomic E-state index is -0.282. The van der Waals surface area contributed by atoms with Crippen LogP contribution < -0.4 is 20.3 Å². The highest BCUT2D eigenvalue weighted by Gasteiger charge is 2.19. The molecule has 1 heterocycles. The Kier molecular flexibility index (Phi) is 9.97. The fraction of sp³-hybridized carbons (Fsp3) is 0.310. The monoisotopic (exact) mass is 627 g/mol. The third-order valence-electron chi connectivity index (χ3n) is 6.63. The topological polar surface area (TPSA) is 77.1 Å². The average Bonchev–Trinajstić information content (AvgIpc) is 2.93. The van der Waals surface area contributed by atoms with Crippen molar-refractivity contribution in [1.82, 2.24) is 15.1 Å². The Bertz CT molecular complexity index is 1230. The first-order chi connectivity index (χ1) is 18.4. The van der Waals surface area contributed by atoms with Crippen molar-refractivity contribution in [2.24, 2.45) is 0 Å². The molecule has 0 aromatic heterocycles. The molecule has 0 saturated carbocycles. The molecule has 3 aromatic carbocycles. The molecule has 0 aliphatic carbocycles. The van der Waals surface area contributed by atoms with Crippen LogP contribution in [0, 0.1) is 3.57 Å². The fourth-order valence-electron chi connectivity index (χ4n) is 4.40. The summed E-state index contributed by atoms with van der Waals surface area (Å²) in [6.45, 7) is 6.33. The van der Waals surface area contributed by atoms with Gasteiger partial charge in [-0.1, -0.05) is 36.4 Å². The van der Waals surface area contributed by atoms with Gasteiger partial charge in [0, 0.05) is 73.9 Å². The van der Waals surface area contributed by atoms with Crippen LogP contribution in [0.25, 0.3) is 0 Å². The molecule has 0 radical (unpaired) electrons. The number of ether oxygens (including phenoxy) is 1. The van der Waals surface area contributed by atoms with Gasteiger partial charge in [0.15, 0.2) is 0 Å². The van der Waals surface area contributed by atoms with E-state index in [2.05, 4.69) is 67.3 Å². The number of hydrogen-bond donors (Lipinski definition) is 2. The molecule has 200 valence electrons. The summed E-state index contributed by atoms with van der Waals surface area (Å²) >= 11 is 2.20. The van der Waals surface area contributed by atoms with Crippen LogP contribution in [0.3, 0.4) is 0 Å². The van der Waals surface area contributed by atoms with Crippen molar-refractivity contribution in [2.45, 2.75) is 6.54 Å². The number of methoxy groups -OCH3 is 1. The van der Waals surface area contributed by atoms with Gasteiger partial charge in [0.05, 0.1) is 12.7 Å². The van der Waals surface area contributed by atoms with E-state index in [1.54, 1.807) is 25.2 Å². The van der Waals surface area contributed by atoms with Gasteiger partial charge in [-0.05, 0) is 58.5 Å². The zero-order chi connectivity index (χ0) is 26.9. The zero-order valence-electron chi connectivity index (χ0n) is 21.8. The van der Waals surface area contributed by atoms with E-state index in [9.17, 15) is 9.59 Å². The number of carbonyl (C=O) groups excluding carboxylic acids is 2. The third kappa shape index (κ3) is 7.68. The number of carbonyl (C=O) groups is 2. The van der Waals surface area contributed by atoms with Crippen LogP contribution in [0.2, 0.25) is 0 Å². The van der Waals surface area contributed by atoms with Gasteiger partial charge in [0.25, 0.3) is 5.91 Å². The van der Waals surface area contributed by atoms with Crippen LogP contribution in [-0.4, -0.2) is 75.2 Å². The zero-order valence-corrected chi connectivity index (χ0v) is 24.0. The van der Waals surface area contributed by atoms with Gasteiger partial charge >= 0.3 is 6.03 Å². The summed E-state index contributed by atoms with van der Waals surface area (Å²) in [6.07, 6.45) is 0. The third-order valence-corrected chi connectivity index (χ3v) is 7.30. The number of anilines is 2. The number of hydrogen-bond acceptors (Lipinski definition) is 5. The van der Waals surface area contributed by atoms with Crippen LogP contribution in [0.1, 0.15) is 15.9 Å². The number of urea groups is 1. The van der Waals surface area contributed by atoms with E-state index in [0.29, 0.717) is 29.2 Å². The number of piperazine rings is 1. The van der Waals surface area contributed by atoms with Crippen molar-refractivity contribution in [3.8, 4) is 5.75 Å². The highest BCUT2D eigenvalue weighted by Crippen LogP contribution is 2.26. The Morgan fingerprint density at radius 2 is 1.68 bits per heavy atom. The van der Waals surface area contributed by atoms with Gasteiger partial charge < -0.3 is 15.4 Å². The number of halogens is 1. The number of amides is 3. The number of nitrogens with zero attached hydrogens (tertiary/aromatic N) is 3. The molecule has 1 fully saturated rings. The first kappa shape index (κ1) is 27.9. The van der Waals surface area contributed by atoms with E-state index in [-0.39, 0.29) is 11.9 Å². The molecule has 1 aliphatic rings. The van der Waals surface area contributed by atoms with Gasteiger partial charge in [-0.15, -0.1) is 0 Å². The SMILES string of the molecule is COc1cc(N(C)C(=O)Nc2cccc(I)c2)ccc1C(=O)NCCN1CCN(Cc2ccccc2)CC1. The van der Waals surface area contributed by atoms with E-state index < -0.39 is 0 Å². The van der Waals surface area contributed by atoms with Crippen molar-refractivity contribution in [3.05, 3.63) is 87.5 Å². The Hall–Kier alpha value is -3.15. The lowest BCUT2D eigenvalue weighted by Gasteiger charge is -2.34. The van der Waals surface area contributed by atoms with Crippen LogP contribution in [0.4, 0.5) is 16.2 Å². The summed E-state index contributed by atoms with van der Waals surface area (Å²) < 4.78 is 6.52. The van der Waals surface area contributed by atoms with Crippen molar-refractivity contribution < 1.29 is 14.3 Å². The van der Waals surface area contributed by atoms with E-state index in [1.165, 1.54) is 17.6 Å². The Morgan fingerprint density at radius 1 is 0.947 bits per heavy atom. The first-order valence-electron chi connectivity index (χ1n) is 12.7. The summed E-state index contributed by atoms with van der Waals surface area (Å²) in [7, 11) is 3.20. The number of benzene rings is 3. The van der Waals surface area contributed by atoms with Crippen molar-refractivity contribution >= 4 is 45.9 Å². The van der Waals surface area contributed by atoms with Gasteiger partial charge in [0.1, 0.15) is 5.75 Å². The molecule has 8 nitrogen and oxygen atoms in total. The van der Waals surface area contributed by atoms with E-state index >= 15 is 0 Å². The minimum Gasteiger partial charge on any atom is -0.496 e. The highest BCUT2D eigenvalue weighted by atomic mass is 127. The summed E-state index contributed by atoms with van der Waals surface area (Å²) in [5, 5.41) is 5.90. The van der Waals surface area contributed by atoms with Crippen LogP contribution in [0.15, 0.2) is 72.8 Å². The second-order valence-electron chi connectivity index (χ2n) is 9.24. The summed E-state index contributed by atoms with van der Waals surface area (Å²) in [5.41, 5.74) is 3.12. The highest BCUT2D eigenvalue weighted by molar-refractivity contribution is 14.1. The van der Waals surface area contributed by atoms with E-state index in [0.717, 1.165) is 42.8 Å². The first-order valence-corrected chi connectivity index (χ1v) is 13.8. The molecular weight excluding hydrogens is 593 g/mol. The molecule has 2 N–H and O–H groups in total. The summed E-state index contributed by atoms with van der Waals surface area (Å²) in [5.74, 6) is 0.227. The maximum Gasteiger partial charge on any atom is 0.326 e. The molecule has 0 atom stereocenters. The maximum absolute atomic E-state index is 12.9. The predicted octanol–water partition coefficient (Wildman–Crippen LogP) is 4.52. The minimum absolute atomic E-state index is 0.193. The normalized spacial score (nSPS) is 14.1. The van der Waals surface area contributed by atoms with Crippen molar-refractivity contribution in [3.63, 3.8) is 0 Å². The van der Waals surface area contributed by atoms with E-state index in [4.69, 9.17) is 4.74 Å². The van der Waals surface area contributed by atoms with Gasteiger partial charge in [-0.2, -0.15) is 0 Å². The van der Waals surface area contributed by atoms with Gasteiger partial charge in [-0.3, -0.25) is 19.5 Å². The van der Waals surface area contributed by atoms with E-state index in [1.807, 2.05) is 30.3 Å². The number of rotatable bonds is 9. The lowest BCUT2D eigenvalue weighted by molar-refractivity contribution is 0.0931. The van der Waals surface area contributed by atoms with Crippen LogP contribution in [-0.2, 0) is 6.54 Å². The Morgan fingerprint density at radius 3 is 2.39 bits per heavy atom. The standard InChI is InChI=1S/C29H34IN5O3/c1-33(29(37)32-24-10-6-9-23(30)19-24)25-11-12-26(27(20-25)38-2)28(36)31-13-14-34-15-17-35(18-16-34)21-22-7-4-3-5-8-22/h3-12,19-20H,13-18,21H2,1-2H3,(H,31,36)(H,32,37). The van der Waals surface area contributed by atoms with Crippen LogP contribution in [0.5, 0.6) is 5.75 Å². The molecule has 1 saturated heterocycles. The van der Waals surface area contributed by atoms with Crippen molar-refractivity contribution in [1.29, 1.82) is 0 Å². The summed E-state index contributed by atoms with van der Waals surface area (Å²) in [6, 6.07) is 23.0. The largest absolute Gasteiger partial charge is 0.496 e. The lowest BCUT2D eigenvalue weighted by Crippen LogP contribution is -2.48. The molecule has 9 heteroatoms. The maximum atomic E-state index is 12.9. The number of nitrogens with one attached hydrogen (secondary N) is 2. The molecule has 3 aromatic rings. The second-order valence-corrected chi connectivity index (χ2v) is 10.5. The quantitative estimate of drug-likeness (QED) is 0.342. The molecule has 3 amide bonds. The molecular formula is C29H34IN5O3. The van der Waals surface area contributed by atoms with Gasteiger partial charge in [0.2, 0.25) is 0 Å². The Balaban J connectivity index is 1.25. The molecule has 0 bridgehead atoms. The molecule has 0 unspecified atom stereocenters. The van der Waals surface area contributed by atoms with Crippen molar-refractivity contribution in [2.75, 3.05) is 63.6 Å². The van der Waals surface area contributed by atoms with Gasteiger partial charge in [-0.25, -0.2) is 4.79 Å². The molecule has 38 heavy (non-hydrogen) atoms. The molecule has 1 aliphatic heterocycles. The Labute approximate surface area is 238 Å². The van der Waals surface area contributed by atoms with Crippen LogP contribution >= 0.6 is 22.6 Å².